The highest BCUT2D eigenvalue weighted by molar-refractivity contribution is 7.99. The molecule has 2 rings (SSSR count). The maximum atomic E-state index is 10.9. The van der Waals surface area contributed by atoms with Gasteiger partial charge in [-0.05, 0) is 37.3 Å². The van der Waals surface area contributed by atoms with E-state index in [9.17, 15) is 4.79 Å². The molecule has 0 saturated heterocycles. The van der Waals surface area contributed by atoms with Crippen LogP contribution >= 0.6 is 23.4 Å². The lowest BCUT2D eigenvalue weighted by molar-refractivity contribution is 0.0697. The van der Waals surface area contributed by atoms with E-state index in [-0.39, 0.29) is 10.6 Å². The van der Waals surface area contributed by atoms with Crippen molar-refractivity contribution in [2.24, 2.45) is 0 Å². The first kappa shape index (κ1) is 13.6. The van der Waals surface area contributed by atoms with Gasteiger partial charge in [0.2, 0.25) is 0 Å². The third-order valence-electron chi connectivity index (χ3n) is 3.31. The van der Waals surface area contributed by atoms with E-state index in [0.29, 0.717) is 11.3 Å². The molecule has 2 unspecified atom stereocenters. The van der Waals surface area contributed by atoms with Crippen molar-refractivity contribution in [1.82, 2.24) is 0 Å². The topological polar surface area (TPSA) is 49.3 Å². The van der Waals surface area contributed by atoms with Crippen LogP contribution in [0.5, 0.6) is 0 Å². The van der Waals surface area contributed by atoms with Crippen LogP contribution in [-0.2, 0) is 0 Å². The molecule has 1 saturated carbocycles. The highest BCUT2D eigenvalue weighted by Gasteiger charge is 2.26. The van der Waals surface area contributed by atoms with Gasteiger partial charge in [-0.1, -0.05) is 18.0 Å². The van der Waals surface area contributed by atoms with E-state index in [2.05, 4.69) is 11.6 Å². The van der Waals surface area contributed by atoms with Crippen molar-refractivity contribution in [3.63, 3.8) is 0 Å². The molecule has 98 valence electrons. The summed E-state index contributed by atoms with van der Waals surface area (Å²) >= 11 is 7.84. The molecule has 2 N–H and O–H groups in total. The molecule has 0 bridgehead atoms. The molecule has 18 heavy (non-hydrogen) atoms. The fourth-order valence-corrected chi connectivity index (χ4v) is 3.56. The highest BCUT2D eigenvalue weighted by atomic mass is 35.5. The number of benzene rings is 1. The molecule has 0 heterocycles. The lowest BCUT2D eigenvalue weighted by Gasteiger charge is -2.20. The Labute approximate surface area is 116 Å². The Kier molecular flexibility index (Phi) is 4.40. The van der Waals surface area contributed by atoms with Crippen LogP contribution in [0, 0.1) is 0 Å². The molecule has 1 fully saturated rings. The number of nitrogens with one attached hydrogen (secondary N) is 1. The van der Waals surface area contributed by atoms with Gasteiger partial charge in [0.15, 0.2) is 0 Å². The van der Waals surface area contributed by atoms with Gasteiger partial charge in [0.25, 0.3) is 0 Å². The van der Waals surface area contributed by atoms with E-state index in [1.807, 2.05) is 11.8 Å². The van der Waals surface area contributed by atoms with Crippen LogP contribution in [-0.4, -0.2) is 28.6 Å². The second-order valence-electron chi connectivity index (χ2n) is 4.46. The number of rotatable bonds is 4. The molecule has 1 aliphatic rings. The molecule has 0 radical (unpaired) electrons. The average molecular weight is 286 g/mol. The Morgan fingerprint density at radius 2 is 2.28 bits per heavy atom. The van der Waals surface area contributed by atoms with E-state index < -0.39 is 5.97 Å². The zero-order valence-electron chi connectivity index (χ0n) is 10.1. The lowest BCUT2D eigenvalue weighted by atomic mass is 10.2. The van der Waals surface area contributed by atoms with Gasteiger partial charge in [-0.15, -0.1) is 0 Å². The van der Waals surface area contributed by atoms with E-state index >= 15 is 0 Å². The van der Waals surface area contributed by atoms with Crippen LogP contribution in [0.1, 0.15) is 29.6 Å². The number of thioether (sulfide) groups is 1. The fourth-order valence-electron chi connectivity index (χ4n) is 2.37. The van der Waals surface area contributed by atoms with Gasteiger partial charge >= 0.3 is 5.97 Å². The summed E-state index contributed by atoms with van der Waals surface area (Å²) in [6.07, 6.45) is 5.76. The molecule has 2 atom stereocenters. The van der Waals surface area contributed by atoms with Crippen molar-refractivity contribution in [3.8, 4) is 0 Å². The van der Waals surface area contributed by atoms with E-state index in [1.165, 1.54) is 12.8 Å². The minimum atomic E-state index is -0.991. The molecule has 5 heteroatoms. The predicted octanol–water partition coefficient (Wildman–Crippen LogP) is 3.73. The third kappa shape index (κ3) is 2.93. The first-order chi connectivity index (χ1) is 8.61. The lowest BCUT2D eigenvalue weighted by Crippen LogP contribution is -2.25. The van der Waals surface area contributed by atoms with Crippen LogP contribution < -0.4 is 5.32 Å². The summed E-state index contributed by atoms with van der Waals surface area (Å²) < 4.78 is 0. The maximum Gasteiger partial charge on any atom is 0.337 e. The largest absolute Gasteiger partial charge is 0.478 e. The standard InChI is InChI=1S/C13H16ClNO2S/c1-18-12-4-2-3-11(12)15-8-5-6-9(13(16)17)10(14)7-8/h5-7,11-12,15H,2-4H2,1H3,(H,16,17). The molecule has 0 amide bonds. The number of halogens is 1. The second-order valence-corrected chi connectivity index (χ2v) is 5.94. The normalized spacial score (nSPS) is 23.0. The summed E-state index contributed by atoms with van der Waals surface area (Å²) in [6.45, 7) is 0. The Balaban J connectivity index is 2.10. The van der Waals surface area contributed by atoms with E-state index in [1.54, 1.807) is 18.2 Å². The van der Waals surface area contributed by atoms with Crippen LogP contribution in [0.2, 0.25) is 5.02 Å². The van der Waals surface area contributed by atoms with Crippen molar-refractivity contribution in [1.29, 1.82) is 0 Å². The van der Waals surface area contributed by atoms with Crippen molar-refractivity contribution >= 4 is 35.0 Å². The molecule has 0 aliphatic heterocycles. The number of hydrogen-bond acceptors (Lipinski definition) is 3. The van der Waals surface area contributed by atoms with Gasteiger partial charge in [0.05, 0.1) is 10.6 Å². The molecule has 1 aliphatic carbocycles. The maximum absolute atomic E-state index is 10.9. The van der Waals surface area contributed by atoms with Crippen LogP contribution in [0.4, 0.5) is 5.69 Å². The number of anilines is 1. The number of aromatic carboxylic acids is 1. The summed E-state index contributed by atoms with van der Waals surface area (Å²) in [5.74, 6) is -0.991. The molecule has 3 nitrogen and oxygen atoms in total. The Bertz CT molecular complexity index is 453. The Hall–Kier alpha value is -0.870. The number of hydrogen-bond donors (Lipinski definition) is 2. The Morgan fingerprint density at radius 1 is 1.50 bits per heavy atom. The van der Waals surface area contributed by atoms with E-state index in [4.69, 9.17) is 16.7 Å². The van der Waals surface area contributed by atoms with Crippen molar-refractivity contribution < 1.29 is 9.90 Å². The highest BCUT2D eigenvalue weighted by Crippen LogP contribution is 2.31. The molecule has 1 aromatic rings. The number of carboxylic acid groups (broad SMARTS) is 1. The minimum Gasteiger partial charge on any atom is -0.478 e. The van der Waals surface area contributed by atoms with Gasteiger partial charge in [-0.2, -0.15) is 11.8 Å². The summed E-state index contributed by atoms with van der Waals surface area (Å²) in [7, 11) is 0. The van der Waals surface area contributed by atoms with Crippen molar-refractivity contribution in [2.75, 3.05) is 11.6 Å². The fraction of sp³-hybridized carbons (Fsp3) is 0.462. The SMILES string of the molecule is CSC1CCCC1Nc1ccc(C(=O)O)c(Cl)c1. The van der Waals surface area contributed by atoms with Crippen molar-refractivity contribution in [2.45, 2.75) is 30.6 Å². The molecular weight excluding hydrogens is 270 g/mol. The predicted molar refractivity (Wildman–Crippen MR) is 77.0 cm³/mol. The Morgan fingerprint density at radius 3 is 2.89 bits per heavy atom. The quantitative estimate of drug-likeness (QED) is 0.885. The smallest absolute Gasteiger partial charge is 0.337 e. The third-order valence-corrected chi connectivity index (χ3v) is 4.79. The zero-order valence-corrected chi connectivity index (χ0v) is 11.7. The molecule has 1 aromatic carbocycles. The van der Waals surface area contributed by atoms with Crippen LogP contribution in [0.3, 0.4) is 0 Å². The molecule has 0 spiro atoms. The number of carbonyl (C=O) groups is 1. The van der Waals surface area contributed by atoms with E-state index in [0.717, 1.165) is 12.1 Å². The summed E-state index contributed by atoms with van der Waals surface area (Å²) in [5.41, 5.74) is 1.05. The zero-order chi connectivity index (χ0) is 13.1. The van der Waals surface area contributed by atoms with Gasteiger partial charge < -0.3 is 10.4 Å². The molecule has 0 aromatic heterocycles. The van der Waals surface area contributed by atoms with Crippen LogP contribution in [0.15, 0.2) is 18.2 Å². The van der Waals surface area contributed by atoms with Gasteiger partial charge in [-0.3, -0.25) is 0 Å². The first-order valence-electron chi connectivity index (χ1n) is 5.94. The summed E-state index contributed by atoms with van der Waals surface area (Å²) in [4.78, 5) is 10.9. The van der Waals surface area contributed by atoms with Gasteiger partial charge in [-0.25, -0.2) is 4.79 Å². The second kappa shape index (κ2) is 5.85. The summed E-state index contributed by atoms with van der Waals surface area (Å²) in [5, 5.41) is 13.3. The monoisotopic (exact) mass is 285 g/mol. The first-order valence-corrected chi connectivity index (χ1v) is 7.60. The molecular formula is C13H16ClNO2S. The van der Waals surface area contributed by atoms with Crippen molar-refractivity contribution in [3.05, 3.63) is 28.8 Å². The minimum absolute atomic E-state index is 0.148. The van der Waals surface area contributed by atoms with Gasteiger partial charge in [0, 0.05) is 17.0 Å². The average Bonchev–Trinajstić information content (AvgIpc) is 2.76. The number of carboxylic acids is 1. The van der Waals surface area contributed by atoms with Gasteiger partial charge in [0.1, 0.15) is 0 Å². The van der Waals surface area contributed by atoms with Crippen LogP contribution in [0.25, 0.3) is 0 Å². The summed E-state index contributed by atoms with van der Waals surface area (Å²) in [6, 6.07) is 5.48.